The van der Waals surface area contributed by atoms with E-state index in [0.717, 1.165) is 0 Å². The van der Waals surface area contributed by atoms with Crippen molar-refractivity contribution >= 4 is 11.8 Å². The van der Waals surface area contributed by atoms with Crippen LogP contribution in [0, 0.1) is 12.7 Å². The van der Waals surface area contributed by atoms with E-state index >= 15 is 0 Å². The number of benzene rings is 1. The third-order valence-corrected chi connectivity index (χ3v) is 2.83. The van der Waals surface area contributed by atoms with E-state index in [4.69, 9.17) is 0 Å². The topological polar surface area (TPSA) is 88.9 Å². The van der Waals surface area contributed by atoms with Crippen LogP contribution in [0.2, 0.25) is 0 Å². The molecule has 0 spiro atoms. The van der Waals surface area contributed by atoms with E-state index in [2.05, 4.69) is 20.7 Å². The zero-order valence-electron chi connectivity index (χ0n) is 12.3. The van der Waals surface area contributed by atoms with Crippen molar-refractivity contribution in [3.05, 3.63) is 41.7 Å². The van der Waals surface area contributed by atoms with E-state index in [1.807, 2.05) is 0 Å². The summed E-state index contributed by atoms with van der Waals surface area (Å²) in [6.07, 6.45) is 0. The van der Waals surface area contributed by atoms with Crippen molar-refractivity contribution in [3.63, 3.8) is 0 Å². The maximum Gasteiger partial charge on any atom is 0.291 e. The molecule has 1 aromatic heterocycles. The Labute approximate surface area is 126 Å². The highest BCUT2D eigenvalue weighted by Gasteiger charge is 2.15. The Balaban J connectivity index is 2.10. The molecule has 1 aromatic carbocycles. The number of carbonyl (C=O) groups excluding carboxylic acids is 2. The number of carbonyl (C=O) groups is 2. The minimum absolute atomic E-state index is 0.0499. The van der Waals surface area contributed by atoms with Crippen molar-refractivity contribution in [1.29, 1.82) is 0 Å². The highest BCUT2D eigenvalue weighted by atomic mass is 19.1. The molecule has 22 heavy (non-hydrogen) atoms. The normalized spacial score (nSPS) is 10.3. The fraction of sp³-hybridized carbons (Fsp3) is 0.286. The molecule has 2 rings (SSSR count). The van der Waals surface area contributed by atoms with Gasteiger partial charge in [0, 0.05) is 6.54 Å². The van der Waals surface area contributed by atoms with Crippen molar-refractivity contribution < 1.29 is 14.0 Å². The molecule has 0 saturated heterocycles. The lowest BCUT2D eigenvalue weighted by Crippen LogP contribution is -2.37. The number of aryl methyl sites for hydroxylation is 1. The summed E-state index contributed by atoms with van der Waals surface area (Å²) >= 11 is 0. The van der Waals surface area contributed by atoms with Crippen molar-refractivity contribution in [2.45, 2.75) is 13.8 Å². The number of aromatic nitrogens is 3. The van der Waals surface area contributed by atoms with Crippen molar-refractivity contribution in [3.8, 4) is 5.69 Å². The molecule has 0 unspecified atom stereocenters. The molecule has 0 aliphatic carbocycles. The second-order valence-corrected chi connectivity index (χ2v) is 4.51. The lowest BCUT2D eigenvalue weighted by atomic mass is 10.3. The van der Waals surface area contributed by atoms with E-state index < -0.39 is 5.91 Å². The molecule has 0 aliphatic rings. The zero-order valence-corrected chi connectivity index (χ0v) is 12.3. The van der Waals surface area contributed by atoms with E-state index in [9.17, 15) is 14.0 Å². The number of nitrogens with one attached hydrogen (secondary N) is 2. The summed E-state index contributed by atoms with van der Waals surface area (Å²) < 4.78 is 14.4. The van der Waals surface area contributed by atoms with Gasteiger partial charge in [0.05, 0.1) is 12.2 Å². The second-order valence-electron chi connectivity index (χ2n) is 4.51. The van der Waals surface area contributed by atoms with E-state index in [1.165, 1.54) is 28.9 Å². The van der Waals surface area contributed by atoms with Crippen LogP contribution >= 0.6 is 0 Å². The van der Waals surface area contributed by atoms with Crippen LogP contribution in [0.15, 0.2) is 24.3 Å². The molecular weight excluding hydrogens is 289 g/mol. The Morgan fingerprint density at radius 3 is 2.55 bits per heavy atom. The van der Waals surface area contributed by atoms with Gasteiger partial charge in [-0.25, -0.2) is 14.1 Å². The SMILES string of the molecule is CCNC(=O)CNC(=O)c1nc(C)n(-c2ccc(F)cc2)n1. The molecule has 7 nitrogen and oxygen atoms in total. The molecule has 2 amide bonds. The maximum atomic E-state index is 12.9. The fourth-order valence-corrected chi connectivity index (χ4v) is 1.81. The first kappa shape index (κ1) is 15.6. The molecule has 2 N–H and O–H groups in total. The van der Waals surface area contributed by atoms with Gasteiger partial charge >= 0.3 is 0 Å². The van der Waals surface area contributed by atoms with Gasteiger partial charge in [0.2, 0.25) is 11.7 Å². The van der Waals surface area contributed by atoms with Gasteiger partial charge in [-0.1, -0.05) is 0 Å². The summed E-state index contributed by atoms with van der Waals surface area (Å²) in [5, 5.41) is 9.07. The summed E-state index contributed by atoms with van der Waals surface area (Å²) in [7, 11) is 0. The average molecular weight is 305 g/mol. The van der Waals surface area contributed by atoms with Crippen LogP contribution in [0.5, 0.6) is 0 Å². The predicted octanol–water partition coefficient (Wildman–Crippen LogP) is 0.581. The van der Waals surface area contributed by atoms with Crippen LogP contribution in [0.4, 0.5) is 4.39 Å². The number of rotatable bonds is 5. The molecule has 0 atom stereocenters. The van der Waals surface area contributed by atoms with Gasteiger partial charge in [0.25, 0.3) is 5.91 Å². The number of hydrogen-bond acceptors (Lipinski definition) is 4. The molecule has 0 aliphatic heterocycles. The number of likely N-dealkylation sites (N-methyl/N-ethyl adjacent to an activating group) is 1. The number of nitrogens with zero attached hydrogens (tertiary/aromatic N) is 3. The minimum atomic E-state index is -0.546. The van der Waals surface area contributed by atoms with Crippen LogP contribution in [0.25, 0.3) is 5.69 Å². The van der Waals surface area contributed by atoms with Crippen LogP contribution in [-0.4, -0.2) is 39.7 Å². The molecule has 1 heterocycles. The van der Waals surface area contributed by atoms with E-state index in [0.29, 0.717) is 18.1 Å². The molecule has 2 aromatic rings. The van der Waals surface area contributed by atoms with Crippen LogP contribution in [0.3, 0.4) is 0 Å². The summed E-state index contributed by atoms with van der Waals surface area (Å²) in [5.74, 6) is -0.761. The Bertz CT molecular complexity index is 681. The molecule has 8 heteroatoms. The summed E-state index contributed by atoms with van der Waals surface area (Å²) in [4.78, 5) is 27.3. The average Bonchev–Trinajstić information content (AvgIpc) is 2.88. The highest BCUT2D eigenvalue weighted by Crippen LogP contribution is 2.10. The van der Waals surface area contributed by atoms with Crippen molar-refractivity contribution in [1.82, 2.24) is 25.4 Å². The van der Waals surface area contributed by atoms with Crippen LogP contribution < -0.4 is 10.6 Å². The Hall–Kier alpha value is -2.77. The number of halogens is 1. The highest BCUT2D eigenvalue weighted by molar-refractivity contribution is 5.93. The van der Waals surface area contributed by atoms with Gasteiger partial charge in [-0.3, -0.25) is 9.59 Å². The third-order valence-electron chi connectivity index (χ3n) is 2.83. The van der Waals surface area contributed by atoms with Crippen LogP contribution in [-0.2, 0) is 4.79 Å². The summed E-state index contributed by atoms with van der Waals surface area (Å²) in [6.45, 7) is 3.81. The molecule has 0 fully saturated rings. The number of hydrogen-bond donors (Lipinski definition) is 2. The predicted molar refractivity (Wildman–Crippen MR) is 77.1 cm³/mol. The monoisotopic (exact) mass is 305 g/mol. The Morgan fingerprint density at radius 1 is 1.23 bits per heavy atom. The van der Waals surface area contributed by atoms with Gasteiger partial charge in [-0.2, -0.15) is 0 Å². The lowest BCUT2D eigenvalue weighted by molar-refractivity contribution is -0.120. The largest absolute Gasteiger partial charge is 0.355 e. The zero-order chi connectivity index (χ0) is 16.1. The summed E-state index contributed by atoms with van der Waals surface area (Å²) in [6, 6.07) is 5.66. The molecule has 116 valence electrons. The first-order chi connectivity index (χ1) is 10.5. The van der Waals surface area contributed by atoms with Gasteiger partial charge in [0.1, 0.15) is 11.6 Å². The quantitative estimate of drug-likeness (QED) is 0.845. The molecule has 0 bridgehead atoms. The van der Waals surface area contributed by atoms with Gasteiger partial charge in [-0.15, -0.1) is 5.10 Å². The number of amides is 2. The lowest BCUT2D eigenvalue weighted by Gasteiger charge is -2.03. The fourth-order valence-electron chi connectivity index (χ4n) is 1.81. The molecular formula is C14H16FN5O2. The Kier molecular flexibility index (Phi) is 4.82. The van der Waals surface area contributed by atoms with Crippen molar-refractivity contribution in [2.75, 3.05) is 13.1 Å². The Morgan fingerprint density at radius 2 is 1.91 bits per heavy atom. The van der Waals surface area contributed by atoms with Crippen LogP contribution in [0.1, 0.15) is 23.4 Å². The first-order valence-corrected chi connectivity index (χ1v) is 6.75. The van der Waals surface area contributed by atoms with E-state index in [-0.39, 0.29) is 24.1 Å². The standard InChI is InChI=1S/C14H16FN5O2/c1-3-16-12(21)8-17-14(22)13-18-9(2)20(19-13)11-6-4-10(15)5-7-11/h4-7H,3,8H2,1-2H3,(H,16,21)(H,17,22). The smallest absolute Gasteiger partial charge is 0.291 e. The van der Waals surface area contributed by atoms with Gasteiger partial charge in [0.15, 0.2) is 0 Å². The van der Waals surface area contributed by atoms with Crippen molar-refractivity contribution in [2.24, 2.45) is 0 Å². The second kappa shape index (κ2) is 6.79. The minimum Gasteiger partial charge on any atom is -0.355 e. The first-order valence-electron chi connectivity index (χ1n) is 6.75. The van der Waals surface area contributed by atoms with E-state index in [1.54, 1.807) is 13.8 Å². The molecule has 0 radical (unpaired) electrons. The maximum absolute atomic E-state index is 12.9. The van der Waals surface area contributed by atoms with Gasteiger partial charge in [-0.05, 0) is 38.1 Å². The molecule has 0 saturated carbocycles. The van der Waals surface area contributed by atoms with Gasteiger partial charge < -0.3 is 10.6 Å². The summed E-state index contributed by atoms with van der Waals surface area (Å²) in [5.41, 5.74) is 0.592. The third kappa shape index (κ3) is 3.66.